The molecule has 0 fully saturated rings. The Kier molecular flexibility index (Phi) is 7.00. The molecule has 0 spiro atoms. The number of halogens is 1. The molecule has 0 bridgehead atoms. The van der Waals surface area contributed by atoms with Crippen LogP contribution in [0.4, 0.5) is 0 Å². The molecule has 0 aliphatic rings. The van der Waals surface area contributed by atoms with E-state index < -0.39 is 10.0 Å². The van der Waals surface area contributed by atoms with Crippen molar-refractivity contribution in [3.05, 3.63) is 15.4 Å². The summed E-state index contributed by atoms with van der Waals surface area (Å²) < 4.78 is 28.4. The van der Waals surface area contributed by atoms with E-state index in [-0.39, 0.29) is 6.04 Å². The first kappa shape index (κ1) is 17.1. The average Bonchev–Trinajstić information content (AvgIpc) is 2.66. The summed E-state index contributed by atoms with van der Waals surface area (Å²) in [5.74, 6) is 0. The second-order valence-electron chi connectivity index (χ2n) is 4.89. The lowest BCUT2D eigenvalue weighted by molar-refractivity contribution is 0.523. The maximum absolute atomic E-state index is 12.2. The molecule has 1 N–H and O–H groups in total. The zero-order valence-electron chi connectivity index (χ0n) is 11.7. The van der Waals surface area contributed by atoms with E-state index in [2.05, 4.69) is 27.6 Å². The number of nitrogens with one attached hydrogen (secondary N) is 1. The van der Waals surface area contributed by atoms with Crippen molar-refractivity contribution in [1.29, 1.82) is 0 Å². The van der Waals surface area contributed by atoms with Gasteiger partial charge in [-0.05, 0) is 47.8 Å². The molecule has 0 saturated heterocycles. The van der Waals surface area contributed by atoms with E-state index in [1.807, 2.05) is 13.8 Å². The molecule has 110 valence electrons. The van der Waals surface area contributed by atoms with E-state index in [0.29, 0.717) is 4.21 Å². The van der Waals surface area contributed by atoms with Gasteiger partial charge in [-0.15, -0.1) is 11.3 Å². The smallest absolute Gasteiger partial charge is 0.208 e. The van der Waals surface area contributed by atoms with Crippen molar-refractivity contribution in [2.75, 3.05) is 0 Å². The minimum Gasteiger partial charge on any atom is -0.208 e. The van der Waals surface area contributed by atoms with Crippen LogP contribution in [0.5, 0.6) is 0 Å². The van der Waals surface area contributed by atoms with Gasteiger partial charge in [-0.25, -0.2) is 13.1 Å². The van der Waals surface area contributed by atoms with Crippen LogP contribution in [0.2, 0.25) is 0 Å². The molecule has 0 saturated carbocycles. The SMILES string of the molecule is CCCCCCC(C)NS(=O)(=O)c1cc(C)c(Br)s1. The first-order chi connectivity index (χ1) is 8.86. The van der Waals surface area contributed by atoms with E-state index >= 15 is 0 Å². The summed E-state index contributed by atoms with van der Waals surface area (Å²) in [4.78, 5) is 0. The van der Waals surface area contributed by atoms with E-state index in [9.17, 15) is 8.42 Å². The molecule has 0 aliphatic heterocycles. The van der Waals surface area contributed by atoms with Crippen molar-refractivity contribution in [2.45, 2.75) is 63.1 Å². The van der Waals surface area contributed by atoms with Gasteiger partial charge in [0.15, 0.2) is 0 Å². The van der Waals surface area contributed by atoms with Gasteiger partial charge in [-0.3, -0.25) is 0 Å². The van der Waals surface area contributed by atoms with Crippen molar-refractivity contribution in [3.63, 3.8) is 0 Å². The van der Waals surface area contributed by atoms with Crippen LogP contribution in [0.1, 0.15) is 51.5 Å². The number of hydrogen-bond acceptors (Lipinski definition) is 3. The summed E-state index contributed by atoms with van der Waals surface area (Å²) in [6, 6.07) is 1.70. The van der Waals surface area contributed by atoms with Crippen molar-refractivity contribution in [1.82, 2.24) is 4.72 Å². The van der Waals surface area contributed by atoms with Gasteiger partial charge in [-0.1, -0.05) is 32.6 Å². The molecule has 6 heteroatoms. The van der Waals surface area contributed by atoms with Crippen LogP contribution in [-0.2, 0) is 10.0 Å². The normalized spacial score (nSPS) is 13.7. The van der Waals surface area contributed by atoms with Gasteiger partial charge in [-0.2, -0.15) is 0 Å². The molecular weight excluding hydrogens is 346 g/mol. The van der Waals surface area contributed by atoms with Gasteiger partial charge < -0.3 is 0 Å². The lowest BCUT2D eigenvalue weighted by Crippen LogP contribution is -2.32. The lowest BCUT2D eigenvalue weighted by atomic mass is 10.1. The third-order valence-corrected chi connectivity index (χ3v) is 7.15. The highest BCUT2D eigenvalue weighted by molar-refractivity contribution is 9.11. The minimum atomic E-state index is -3.37. The standard InChI is InChI=1S/C13H22BrNO2S2/c1-4-5-6-7-8-11(3)15-19(16,17)12-9-10(2)13(14)18-12/h9,11,15H,4-8H2,1-3H3. The minimum absolute atomic E-state index is 0.0111. The molecule has 1 aromatic rings. The first-order valence-corrected chi connectivity index (χ1v) is 9.74. The zero-order valence-corrected chi connectivity index (χ0v) is 14.9. The van der Waals surface area contributed by atoms with Crippen LogP contribution < -0.4 is 4.72 Å². The van der Waals surface area contributed by atoms with Crippen molar-refractivity contribution in [2.24, 2.45) is 0 Å². The molecule has 1 unspecified atom stereocenters. The van der Waals surface area contributed by atoms with Crippen molar-refractivity contribution < 1.29 is 8.42 Å². The Labute approximate surface area is 129 Å². The molecule has 0 aromatic carbocycles. The number of hydrogen-bond donors (Lipinski definition) is 1. The van der Waals surface area contributed by atoms with Crippen LogP contribution >= 0.6 is 27.3 Å². The number of aryl methyl sites for hydroxylation is 1. The van der Waals surface area contributed by atoms with Crippen molar-refractivity contribution >= 4 is 37.3 Å². The molecular formula is C13H22BrNO2S2. The Morgan fingerprint density at radius 2 is 2.05 bits per heavy atom. The maximum atomic E-state index is 12.2. The van der Waals surface area contributed by atoms with E-state index in [1.54, 1.807) is 6.07 Å². The molecule has 1 atom stereocenters. The fourth-order valence-electron chi connectivity index (χ4n) is 1.82. The monoisotopic (exact) mass is 367 g/mol. The Morgan fingerprint density at radius 3 is 2.58 bits per heavy atom. The van der Waals surface area contributed by atoms with Gasteiger partial charge >= 0.3 is 0 Å². The second-order valence-corrected chi connectivity index (χ2v) is 9.20. The van der Waals surface area contributed by atoms with Gasteiger partial charge in [0, 0.05) is 6.04 Å². The second kappa shape index (κ2) is 7.76. The van der Waals surface area contributed by atoms with Crippen LogP contribution in [0.25, 0.3) is 0 Å². The Bertz CT molecular complexity index is 477. The lowest BCUT2D eigenvalue weighted by Gasteiger charge is -2.13. The quantitative estimate of drug-likeness (QED) is 0.689. The van der Waals surface area contributed by atoms with Gasteiger partial charge in [0.05, 0.1) is 3.79 Å². The third kappa shape index (κ3) is 5.53. The summed E-state index contributed by atoms with van der Waals surface area (Å²) in [5.41, 5.74) is 0.959. The summed E-state index contributed by atoms with van der Waals surface area (Å²) >= 11 is 4.62. The highest BCUT2D eigenvalue weighted by Crippen LogP contribution is 2.30. The van der Waals surface area contributed by atoms with Crippen LogP contribution in [0.15, 0.2) is 14.1 Å². The maximum Gasteiger partial charge on any atom is 0.250 e. The summed E-state index contributed by atoms with van der Waals surface area (Å²) in [6.07, 6.45) is 5.56. The highest BCUT2D eigenvalue weighted by Gasteiger charge is 2.20. The third-order valence-electron chi connectivity index (χ3n) is 2.95. The Morgan fingerprint density at radius 1 is 1.37 bits per heavy atom. The molecule has 1 rings (SSSR count). The number of rotatable bonds is 8. The molecule has 0 amide bonds. The first-order valence-electron chi connectivity index (χ1n) is 6.65. The predicted molar refractivity (Wildman–Crippen MR) is 85.3 cm³/mol. The molecule has 0 radical (unpaired) electrons. The predicted octanol–water partition coefficient (Wildman–Crippen LogP) is 4.46. The largest absolute Gasteiger partial charge is 0.250 e. The van der Waals surface area contributed by atoms with Crippen LogP contribution in [0.3, 0.4) is 0 Å². The molecule has 19 heavy (non-hydrogen) atoms. The summed E-state index contributed by atoms with van der Waals surface area (Å²) in [7, 11) is -3.37. The fourth-order valence-corrected chi connectivity index (χ4v) is 5.34. The number of sulfonamides is 1. The van der Waals surface area contributed by atoms with E-state index in [0.717, 1.165) is 22.2 Å². The Balaban J connectivity index is 2.54. The van der Waals surface area contributed by atoms with Crippen LogP contribution in [0, 0.1) is 6.92 Å². The van der Waals surface area contributed by atoms with E-state index in [1.165, 1.54) is 30.6 Å². The molecule has 1 aromatic heterocycles. The average molecular weight is 368 g/mol. The van der Waals surface area contributed by atoms with Gasteiger partial charge in [0.25, 0.3) is 0 Å². The topological polar surface area (TPSA) is 46.2 Å². The molecule has 3 nitrogen and oxygen atoms in total. The van der Waals surface area contributed by atoms with E-state index in [4.69, 9.17) is 0 Å². The van der Waals surface area contributed by atoms with Gasteiger partial charge in [0.1, 0.15) is 4.21 Å². The summed E-state index contributed by atoms with van der Waals surface area (Å²) in [6.45, 7) is 6.00. The Hall–Kier alpha value is 0.0900. The fraction of sp³-hybridized carbons (Fsp3) is 0.692. The van der Waals surface area contributed by atoms with Crippen LogP contribution in [-0.4, -0.2) is 14.5 Å². The number of thiophene rings is 1. The zero-order chi connectivity index (χ0) is 14.5. The molecule has 0 aliphatic carbocycles. The van der Waals surface area contributed by atoms with Gasteiger partial charge in [0.2, 0.25) is 10.0 Å². The van der Waals surface area contributed by atoms with Crippen molar-refractivity contribution in [3.8, 4) is 0 Å². The summed E-state index contributed by atoms with van der Waals surface area (Å²) in [5, 5.41) is 0. The highest BCUT2D eigenvalue weighted by atomic mass is 79.9. The molecule has 1 heterocycles. The number of unbranched alkanes of at least 4 members (excludes halogenated alkanes) is 3.